The first kappa shape index (κ1) is 19.0. The molecule has 0 atom stereocenters. The second kappa shape index (κ2) is 18.0. The standard InChI is InChI=1S/C18H37O/c1-3-5-7-9-10-11-12-14-16-18-19-17-15-13-8-6-4-2/h18H,3-17H2,1-2H3. The molecule has 0 aromatic carbocycles. The van der Waals surface area contributed by atoms with Crippen molar-refractivity contribution in [2.24, 2.45) is 0 Å². The van der Waals surface area contributed by atoms with E-state index in [1.54, 1.807) is 0 Å². The Bertz CT molecular complexity index is 129. The summed E-state index contributed by atoms with van der Waals surface area (Å²) < 4.78 is 5.55. The molecular weight excluding hydrogens is 232 g/mol. The molecule has 0 aliphatic carbocycles. The van der Waals surface area contributed by atoms with E-state index in [1.165, 1.54) is 83.5 Å². The molecule has 0 aliphatic rings. The number of hydrogen-bond donors (Lipinski definition) is 0. The van der Waals surface area contributed by atoms with E-state index in [9.17, 15) is 0 Å². The third kappa shape index (κ3) is 18.0. The van der Waals surface area contributed by atoms with Crippen molar-refractivity contribution in [2.75, 3.05) is 6.61 Å². The number of unbranched alkanes of at least 4 members (excludes halogenated alkanes) is 12. The quantitative estimate of drug-likeness (QED) is 0.284. The van der Waals surface area contributed by atoms with Gasteiger partial charge < -0.3 is 4.74 Å². The van der Waals surface area contributed by atoms with Crippen LogP contribution in [0.2, 0.25) is 0 Å². The van der Waals surface area contributed by atoms with Gasteiger partial charge in [-0.25, -0.2) is 0 Å². The fraction of sp³-hybridized carbons (Fsp3) is 0.944. The summed E-state index contributed by atoms with van der Waals surface area (Å²) in [5.41, 5.74) is 0. The molecule has 0 bridgehead atoms. The van der Waals surface area contributed by atoms with Gasteiger partial charge in [-0.1, -0.05) is 90.9 Å². The summed E-state index contributed by atoms with van der Waals surface area (Å²) >= 11 is 0. The van der Waals surface area contributed by atoms with Crippen LogP contribution in [0.3, 0.4) is 0 Å². The normalized spacial score (nSPS) is 11.1. The Kier molecular flexibility index (Phi) is 17.9. The molecule has 0 spiro atoms. The van der Waals surface area contributed by atoms with Crippen molar-refractivity contribution in [1.82, 2.24) is 0 Å². The van der Waals surface area contributed by atoms with Crippen LogP contribution in [0.25, 0.3) is 0 Å². The summed E-state index contributed by atoms with van der Waals surface area (Å²) in [4.78, 5) is 0. The van der Waals surface area contributed by atoms with E-state index in [2.05, 4.69) is 13.8 Å². The molecule has 1 nitrogen and oxygen atoms in total. The van der Waals surface area contributed by atoms with E-state index in [4.69, 9.17) is 4.74 Å². The lowest BCUT2D eigenvalue weighted by Crippen LogP contribution is -1.92. The lowest BCUT2D eigenvalue weighted by atomic mass is 10.1. The van der Waals surface area contributed by atoms with Crippen molar-refractivity contribution in [3.8, 4) is 0 Å². The first-order valence-corrected chi connectivity index (χ1v) is 8.85. The van der Waals surface area contributed by atoms with E-state index >= 15 is 0 Å². The minimum absolute atomic E-state index is 0.931. The lowest BCUT2D eigenvalue weighted by molar-refractivity contribution is 0.183. The summed E-state index contributed by atoms with van der Waals surface area (Å²) in [6.45, 7) is 7.51. The van der Waals surface area contributed by atoms with Gasteiger partial charge in [0.15, 0.2) is 0 Å². The van der Waals surface area contributed by atoms with Gasteiger partial charge in [-0.15, -0.1) is 0 Å². The van der Waals surface area contributed by atoms with Crippen LogP contribution in [0.1, 0.15) is 104 Å². The molecule has 0 saturated carbocycles. The van der Waals surface area contributed by atoms with Crippen molar-refractivity contribution >= 4 is 0 Å². The van der Waals surface area contributed by atoms with Gasteiger partial charge in [-0.05, 0) is 12.8 Å². The average molecular weight is 269 g/mol. The Morgan fingerprint density at radius 2 is 1.05 bits per heavy atom. The Hall–Kier alpha value is -0.0400. The maximum Gasteiger partial charge on any atom is 0.0836 e. The van der Waals surface area contributed by atoms with Crippen molar-refractivity contribution < 1.29 is 4.74 Å². The monoisotopic (exact) mass is 269 g/mol. The molecule has 19 heavy (non-hydrogen) atoms. The first-order valence-electron chi connectivity index (χ1n) is 8.85. The molecule has 0 heterocycles. The minimum atomic E-state index is 0.931. The van der Waals surface area contributed by atoms with Gasteiger partial charge in [0, 0.05) is 6.61 Å². The van der Waals surface area contributed by atoms with E-state index in [0.29, 0.717) is 0 Å². The zero-order valence-electron chi connectivity index (χ0n) is 13.6. The highest BCUT2D eigenvalue weighted by Gasteiger charge is 1.94. The Morgan fingerprint density at radius 1 is 0.579 bits per heavy atom. The maximum absolute atomic E-state index is 5.55. The van der Waals surface area contributed by atoms with E-state index in [-0.39, 0.29) is 0 Å². The molecule has 0 rings (SSSR count). The lowest BCUT2D eigenvalue weighted by Gasteiger charge is -2.04. The van der Waals surface area contributed by atoms with E-state index < -0.39 is 0 Å². The Morgan fingerprint density at radius 3 is 1.63 bits per heavy atom. The molecule has 0 amide bonds. The highest BCUT2D eigenvalue weighted by Crippen LogP contribution is 2.10. The average Bonchev–Trinajstić information content (AvgIpc) is 2.43. The number of hydrogen-bond acceptors (Lipinski definition) is 1. The molecule has 0 saturated heterocycles. The van der Waals surface area contributed by atoms with E-state index in [0.717, 1.165) is 13.0 Å². The van der Waals surface area contributed by atoms with Crippen LogP contribution in [0.4, 0.5) is 0 Å². The zero-order chi connectivity index (χ0) is 14.0. The van der Waals surface area contributed by atoms with Crippen LogP contribution in [0, 0.1) is 6.61 Å². The second-order valence-corrected chi connectivity index (χ2v) is 5.72. The van der Waals surface area contributed by atoms with E-state index in [1.807, 2.05) is 6.61 Å². The summed E-state index contributed by atoms with van der Waals surface area (Å²) in [5.74, 6) is 0. The molecule has 0 fully saturated rings. The molecule has 115 valence electrons. The SMILES string of the molecule is CCCCCCCCCC[CH]OCCCCCCC. The molecule has 1 radical (unpaired) electrons. The molecule has 0 aromatic rings. The number of ether oxygens (including phenoxy) is 1. The predicted molar refractivity (Wildman–Crippen MR) is 86.2 cm³/mol. The highest BCUT2D eigenvalue weighted by atomic mass is 16.5. The summed E-state index contributed by atoms with van der Waals surface area (Å²) in [5, 5.41) is 0. The van der Waals surface area contributed by atoms with Crippen LogP contribution in [-0.4, -0.2) is 6.61 Å². The van der Waals surface area contributed by atoms with Crippen LogP contribution >= 0.6 is 0 Å². The summed E-state index contributed by atoms with van der Waals surface area (Å²) in [7, 11) is 0. The topological polar surface area (TPSA) is 9.23 Å². The molecule has 1 heteroatoms. The predicted octanol–water partition coefficient (Wildman–Crippen LogP) is 6.67. The fourth-order valence-corrected chi connectivity index (χ4v) is 2.32. The third-order valence-corrected chi connectivity index (χ3v) is 3.66. The van der Waals surface area contributed by atoms with Crippen LogP contribution in [0.15, 0.2) is 0 Å². The number of rotatable bonds is 16. The van der Waals surface area contributed by atoms with Gasteiger partial charge in [0.05, 0.1) is 6.61 Å². The van der Waals surface area contributed by atoms with Crippen molar-refractivity contribution in [1.29, 1.82) is 0 Å². The second-order valence-electron chi connectivity index (χ2n) is 5.72. The Balaban J connectivity index is 2.88. The van der Waals surface area contributed by atoms with Gasteiger partial charge in [-0.2, -0.15) is 0 Å². The van der Waals surface area contributed by atoms with Gasteiger partial charge in [0.25, 0.3) is 0 Å². The van der Waals surface area contributed by atoms with Crippen molar-refractivity contribution in [2.45, 2.75) is 104 Å². The minimum Gasteiger partial charge on any atom is -0.376 e. The van der Waals surface area contributed by atoms with Gasteiger partial charge in [-0.3, -0.25) is 0 Å². The molecule has 0 unspecified atom stereocenters. The third-order valence-electron chi connectivity index (χ3n) is 3.66. The molecular formula is C18H37O. The van der Waals surface area contributed by atoms with Crippen LogP contribution < -0.4 is 0 Å². The zero-order valence-corrected chi connectivity index (χ0v) is 13.6. The van der Waals surface area contributed by atoms with Gasteiger partial charge in [0.1, 0.15) is 0 Å². The largest absolute Gasteiger partial charge is 0.376 e. The highest BCUT2D eigenvalue weighted by molar-refractivity contribution is 4.53. The Labute approximate surface area is 122 Å². The molecule has 0 N–H and O–H groups in total. The molecule has 0 aromatic heterocycles. The van der Waals surface area contributed by atoms with Gasteiger partial charge >= 0.3 is 0 Å². The van der Waals surface area contributed by atoms with Crippen molar-refractivity contribution in [3.05, 3.63) is 6.61 Å². The maximum atomic E-state index is 5.55. The smallest absolute Gasteiger partial charge is 0.0836 e. The van der Waals surface area contributed by atoms with Gasteiger partial charge in [0.2, 0.25) is 0 Å². The fourth-order valence-electron chi connectivity index (χ4n) is 2.32. The van der Waals surface area contributed by atoms with Crippen LogP contribution in [-0.2, 0) is 4.74 Å². The molecule has 0 aliphatic heterocycles. The first-order chi connectivity index (χ1) is 9.41. The van der Waals surface area contributed by atoms with Crippen LogP contribution in [0.5, 0.6) is 0 Å². The van der Waals surface area contributed by atoms with Crippen molar-refractivity contribution in [3.63, 3.8) is 0 Å². The summed E-state index contributed by atoms with van der Waals surface area (Å²) in [6.07, 6.45) is 18.9. The summed E-state index contributed by atoms with van der Waals surface area (Å²) in [6, 6.07) is 0.